The van der Waals surface area contributed by atoms with Gasteiger partial charge in [0, 0.05) is 16.3 Å². The van der Waals surface area contributed by atoms with Crippen LogP contribution in [0, 0.1) is 3.57 Å². The van der Waals surface area contributed by atoms with E-state index in [9.17, 15) is 18.0 Å². The van der Waals surface area contributed by atoms with E-state index in [4.69, 9.17) is 10.8 Å². The van der Waals surface area contributed by atoms with Crippen LogP contribution in [0.15, 0.2) is 6.20 Å². The summed E-state index contributed by atoms with van der Waals surface area (Å²) in [5, 5.41) is 8.84. The number of carboxylic acids is 1. The quantitative estimate of drug-likeness (QED) is 0.801. The number of alkyl halides is 3. The molecule has 5 nitrogen and oxygen atoms in total. The Morgan fingerprint density at radius 3 is 2.59 bits per heavy atom. The third-order valence-corrected chi connectivity index (χ3v) is 2.50. The summed E-state index contributed by atoms with van der Waals surface area (Å²) in [5.74, 6) is -2.40. The van der Waals surface area contributed by atoms with Crippen molar-refractivity contribution in [3.8, 4) is 5.75 Å². The van der Waals surface area contributed by atoms with E-state index in [2.05, 4.69) is 9.72 Å². The van der Waals surface area contributed by atoms with E-state index in [0.29, 0.717) is 0 Å². The molecule has 1 aromatic heterocycles. The van der Waals surface area contributed by atoms with E-state index in [1.807, 2.05) is 0 Å². The maximum atomic E-state index is 12.1. The van der Waals surface area contributed by atoms with Gasteiger partial charge in [-0.05, 0) is 22.6 Å². The van der Waals surface area contributed by atoms with Crippen LogP contribution in [0.5, 0.6) is 5.75 Å². The number of nitrogens with zero attached hydrogens (tertiary/aromatic N) is 1. The number of rotatable bonds is 3. The Morgan fingerprint density at radius 1 is 1.59 bits per heavy atom. The van der Waals surface area contributed by atoms with Gasteiger partial charge in [0.2, 0.25) is 0 Å². The molecule has 1 heterocycles. The Kier molecular flexibility index (Phi) is 4.14. The molecule has 0 atom stereocenters. The summed E-state index contributed by atoms with van der Waals surface area (Å²) in [6.07, 6.45) is -3.88. The summed E-state index contributed by atoms with van der Waals surface area (Å²) >= 11 is 1.55. The summed E-state index contributed by atoms with van der Waals surface area (Å²) in [6, 6.07) is 0. The minimum absolute atomic E-state index is 0.0338. The molecule has 3 N–H and O–H groups in total. The Balaban J connectivity index is 3.40. The normalized spacial score (nSPS) is 11.4. The maximum Gasteiger partial charge on any atom is 0.573 e. The molecule has 0 unspecified atom stereocenters. The molecule has 1 rings (SSSR count). The Hall–Kier alpha value is -1.10. The summed E-state index contributed by atoms with van der Waals surface area (Å²) in [5.41, 5.74) is 4.32. The van der Waals surface area contributed by atoms with Crippen LogP contribution in [0.25, 0.3) is 0 Å². The standard InChI is InChI=1S/C8H6F3IN2O3/c9-8(10,11)17-6-4(1-13)14-2-3(12)5(6)7(15)16/h2H,1,13H2,(H,15,16). The number of aromatic nitrogens is 1. The van der Waals surface area contributed by atoms with E-state index >= 15 is 0 Å². The van der Waals surface area contributed by atoms with Crippen molar-refractivity contribution in [1.29, 1.82) is 0 Å². The first kappa shape index (κ1) is 14.0. The smallest absolute Gasteiger partial charge is 0.478 e. The monoisotopic (exact) mass is 362 g/mol. The average Bonchev–Trinajstić information content (AvgIpc) is 2.15. The molecule has 17 heavy (non-hydrogen) atoms. The van der Waals surface area contributed by atoms with Crippen LogP contribution in [-0.4, -0.2) is 22.4 Å². The highest BCUT2D eigenvalue weighted by atomic mass is 127. The highest BCUT2D eigenvalue weighted by molar-refractivity contribution is 14.1. The number of aromatic carboxylic acids is 1. The van der Waals surface area contributed by atoms with Gasteiger partial charge in [-0.15, -0.1) is 13.2 Å². The van der Waals surface area contributed by atoms with Crippen LogP contribution in [-0.2, 0) is 6.54 Å². The Labute approximate surface area is 107 Å². The second-order valence-electron chi connectivity index (χ2n) is 2.81. The van der Waals surface area contributed by atoms with Crippen LogP contribution in [0.1, 0.15) is 16.1 Å². The van der Waals surface area contributed by atoms with Gasteiger partial charge in [-0.3, -0.25) is 4.98 Å². The predicted molar refractivity (Wildman–Crippen MR) is 58.5 cm³/mol. The first-order valence-electron chi connectivity index (χ1n) is 4.12. The lowest BCUT2D eigenvalue weighted by Gasteiger charge is -2.14. The van der Waals surface area contributed by atoms with Crippen molar-refractivity contribution in [2.45, 2.75) is 12.9 Å². The molecule has 0 radical (unpaired) electrons. The molecule has 0 spiro atoms. The van der Waals surface area contributed by atoms with Crippen molar-refractivity contribution in [3.05, 3.63) is 21.0 Å². The molecule has 0 saturated heterocycles. The molecule has 0 aliphatic heterocycles. The highest BCUT2D eigenvalue weighted by Gasteiger charge is 2.35. The van der Waals surface area contributed by atoms with Crippen molar-refractivity contribution in [1.82, 2.24) is 4.98 Å². The molecule has 1 aromatic rings. The fourth-order valence-corrected chi connectivity index (χ4v) is 1.70. The highest BCUT2D eigenvalue weighted by Crippen LogP contribution is 2.31. The van der Waals surface area contributed by atoms with E-state index in [-0.39, 0.29) is 15.8 Å². The van der Waals surface area contributed by atoms with Gasteiger partial charge in [-0.25, -0.2) is 4.79 Å². The number of halogens is 4. The SMILES string of the molecule is NCc1ncc(I)c(C(=O)O)c1OC(F)(F)F. The minimum Gasteiger partial charge on any atom is -0.478 e. The van der Waals surface area contributed by atoms with Crippen molar-refractivity contribution >= 4 is 28.6 Å². The number of carbonyl (C=O) groups is 1. The zero-order chi connectivity index (χ0) is 13.2. The van der Waals surface area contributed by atoms with Crippen LogP contribution in [0.4, 0.5) is 13.2 Å². The van der Waals surface area contributed by atoms with Gasteiger partial charge >= 0.3 is 12.3 Å². The number of hydrogen-bond acceptors (Lipinski definition) is 4. The zero-order valence-corrected chi connectivity index (χ0v) is 10.2. The average molecular weight is 362 g/mol. The van der Waals surface area contributed by atoms with Gasteiger partial charge in [0.05, 0.1) is 5.69 Å². The van der Waals surface area contributed by atoms with Gasteiger partial charge in [-0.1, -0.05) is 0 Å². The van der Waals surface area contributed by atoms with Crippen LogP contribution in [0.3, 0.4) is 0 Å². The number of hydrogen-bond donors (Lipinski definition) is 2. The Morgan fingerprint density at radius 2 is 2.18 bits per heavy atom. The summed E-state index contributed by atoms with van der Waals surface area (Å²) in [7, 11) is 0. The van der Waals surface area contributed by atoms with Crippen molar-refractivity contribution < 1.29 is 27.8 Å². The van der Waals surface area contributed by atoms with Gasteiger partial charge in [0.25, 0.3) is 0 Å². The molecule has 0 bridgehead atoms. The summed E-state index contributed by atoms with van der Waals surface area (Å²) in [4.78, 5) is 14.5. The lowest BCUT2D eigenvalue weighted by Crippen LogP contribution is -2.22. The van der Waals surface area contributed by atoms with Crippen molar-refractivity contribution in [2.24, 2.45) is 5.73 Å². The molecule has 0 aliphatic carbocycles. The van der Waals surface area contributed by atoms with Crippen LogP contribution in [0.2, 0.25) is 0 Å². The van der Waals surface area contributed by atoms with Crippen molar-refractivity contribution in [2.75, 3.05) is 0 Å². The molecule has 0 aromatic carbocycles. The van der Waals surface area contributed by atoms with Crippen LogP contribution >= 0.6 is 22.6 Å². The lowest BCUT2D eigenvalue weighted by molar-refractivity contribution is -0.275. The Bertz CT molecular complexity index is 450. The fourth-order valence-electron chi connectivity index (χ4n) is 1.08. The van der Waals surface area contributed by atoms with E-state index in [1.165, 1.54) is 0 Å². The summed E-state index contributed by atoms with van der Waals surface area (Å²) in [6.45, 7) is -0.359. The van der Waals surface area contributed by atoms with Crippen LogP contribution < -0.4 is 10.5 Å². The van der Waals surface area contributed by atoms with E-state index in [1.54, 1.807) is 22.6 Å². The van der Waals surface area contributed by atoms with Crippen molar-refractivity contribution in [3.63, 3.8) is 0 Å². The third-order valence-electron chi connectivity index (χ3n) is 1.69. The first-order valence-corrected chi connectivity index (χ1v) is 5.20. The fraction of sp³-hybridized carbons (Fsp3) is 0.250. The molecular formula is C8H6F3IN2O3. The van der Waals surface area contributed by atoms with Gasteiger partial charge in [0.15, 0.2) is 5.75 Å². The van der Waals surface area contributed by atoms with Gasteiger partial charge < -0.3 is 15.6 Å². The largest absolute Gasteiger partial charge is 0.573 e. The molecular weight excluding hydrogens is 356 g/mol. The maximum absolute atomic E-state index is 12.1. The van der Waals surface area contributed by atoms with E-state index < -0.39 is 23.6 Å². The predicted octanol–water partition coefficient (Wildman–Crippen LogP) is 1.74. The second kappa shape index (κ2) is 5.04. The molecule has 94 valence electrons. The number of nitrogens with two attached hydrogens (primary N) is 1. The van der Waals surface area contributed by atoms with Gasteiger partial charge in [0.1, 0.15) is 5.56 Å². The molecule has 0 aliphatic rings. The third kappa shape index (κ3) is 3.43. The minimum atomic E-state index is -5.00. The second-order valence-corrected chi connectivity index (χ2v) is 3.98. The van der Waals surface area contributed by atoms with Gasteiger partial charge in [-0.2, -0.15) is 0 Å². The lowest BCUT2D eigenvalue weighted by atomic mass is 10.2. The zero-order valence-electron chi connectivity index (χ0n) is 8.08. The summed E-state index contributed by atoms with van der Waals surface area (Å²) < 4.78 is 40.1. The molecule has 0 saturated carbocycles. The number of carboxylic acid groups (broad SMARTS) is 1. The number of ether oxygens (including phenoxy) is 1. The molecule has 9 heteroatoms. The topological polar surface area (TPSA) is 85.4 Å². The molecule has 0 amide bonds. The number of pyridine rings is 1. The first-order chi connectivity index (χ1) is 7.76. The molecule has 0 fully saturated rings. The van der Waals surface area contributed by atoms with E-state index in [0.717, 1.165) is 6.20 Å².